The SMILES string of the molecule is CC(Cc1ccccc1Cl)NC(=O)c1ccoc1Cl. The van der Waals surface area contributed by atoms with Crippen molar-refractivity contribution in [2.75, 3.05) is 0 Å². The van der Waals surface area contributed by atoms with Crippen LogP contribution in [0.4, 0.5) is 0 Å². The quantitative estimate of drug-likeness (QED) is 0.928. The van der Waals surface area contributed by atoms with Gasteiger partial charge in [0, 0.05) is 11.1 Å². The standard InChI is InChI=1S/C14H13Cl2NO2/c1-9(8-10-4-2-3-5-12(10)15)17-14(18)11-6-7-19-13(11)16/h2-7,9H,8H2,1H3,(H,17,18). The van der Waals surface area contributed by atoms with Gasteiger partial charge in [0.15, 0.2) is 0 Å². The number of carbonyl (C=O) groups is 1. The van der Waals surface area contributed by atoms with Crippen LogP contribution < -0.4 is 5.32 Å². The summed E-state index contributed by atoms with van der Waals surface area (Å²) in [5.74, 6) is -0.252. The Hall–Kier alpha value is -1.45. The maximum Gasteiger partial charge on any atom is 0.256 e. The highest BCUT2D eigenvalue weighted by atomic mass is 35.5. The van der Waals surface area contributed by atoms with Crippen LogP contribution in [-0.2, 0) is 6.42 Å². The van der Waals surface area contributed by atoms with E-state index in [0.717, 1.165) is 5.56 Å². The van der Waals surface area contributed by atoms with Crippen LogP contribution in [0.5, 0.6) is 0 Å². The third-order valence-corrected chi connectivity index (χ3v) is 3.39. The van der Waals surface area contributed by atoms with Crippen LogP contribution >= 0.6 is 23.2 Å². The second-order valence-corrected chi connectivity index (χ2v) is 5.03. The van der Waals surface area contributed by atoms with Gasteiger partial charge in [0.1, 0.15) is 0 Å². The summed E-state index contributed by atoms with van der Waals surface area (Å²) in [6.45, 7) is 1.91. The molecule has 100 valence electrons. The fourth-order valence-electron chi connectivity index (χ4n) is 1.80. The fourth-order valence-corrected chi connectivity index (χ4v) is 2.22. The summed E-state index contributed by atoms with van der Waals surface area (Å²) in [6, 6.07) is 9.05. The Labute approximate surface area is 121 Å². The normalized spacial score (nSPS) is 12.2. The van der Waals surface area contributed by atoms with Gasteiger partial charge in [-0.25, -0.2) is 0 Å². The van der Waals surface area contributed by atoms with E-state index in [2.05, 4.69) is 5.32 Å². The molecule has 0 bridgehead atoms. The van der Waals surface area contributed by atoms with Gasteiger partial charge >= 0.3 is 0 Å². The van der Waals surface area contributed by atoms with E-state index in [1.54, 1.807) is 6.07 Å². The molecule has 1 amide bonds. The zero-order valence-electron chi connectivity index (χ0n) is 10.3. The number of halogens is 2. The molecular formula is C14H13Cl2NO2. The molecule has 0 radical (unpaired) electrons. The van der Waals surface area contributed by atoms with Crippen molar-refractivity contribution in [1.29, 1.82) is 0 Å². The van der Waals surface area contributed by atoms with Crippen LogP contribution in [0.15, 0.2) is 41.0 Å². The second-order valence-electron chi connectivity index (χ2n) is 4.28. The maximum atomic E-state index is 11.9. The smallest absolute Gasteiger partial charge is 0.256 e. The van der Waals surface area contributed by atoms with E-state index in [1.165, 1.54) is 6.26 Å². The first kappa shape index (κ1) is 14.0. The predicted octanol–water partition coefficient (Wildman–Crippen LogP) is 3.95. The van der Waals surface area contributed by atoms with Gasteiger partial charge in [0.2, 0.25) is 5.22 Å². The Morgan fingerprint density at radius 2 is 2.05 bits per heavy atom. The van der Waals surface area contributed by atoms with Crippen molar-refractivity contribution in [2.45, 2.75) is 19.4 Å². The first-order valence-electron chi connectivity index (χ1n) is 5.85. The Balaban J connectivity index is 1.99. The van der Waals surface area contributed by atoms with Gasteiger partial charge in [0.25, 0.3) is 5.91 Å². The Bertz CT molecular complexity index is 580. The largest absolute Gasteiger partial charge is 0.452 e. The lowest BCUT2D eigenvalue weighted by Gasteiger charge is -2.14. The van der Waals surface area contributed by atoms with Crippen LogP contribution in [0.1, 0.15) is 22.8 Å². The number of hydrogen-bond donors (Lipinski definition) is 1. The van der Waals surface area contributed by atoms with Crippen LogP contribution in [0.3, 0.4) is 0 Å². The van der Waals surface area contributed by atoms with Gasteiger partial charge in [-0.3, -0.25) is 4.79 Å². The number of benzene rings is 1. The highest BCUT2D eigenvalue weighted by molar-refractivity contribution is 6.32. The van der Waals surface area contributed by atoms with E-state index >= 15 is 0 Å². The van der Waals surface area contributed by atoms with Crippen molar-refractivity contribution in [3.05, 3.63) is 58.0 Å². The van der Waals surface area contributed by atoms with Crippen molar-refractivity contribution in [2.24, 2.45) is 0 Å². The maximum absolute atomic E-state index is 11.9. The topological polar surface area (TPSA) is 42.2 Å². The van der Waals surface area contributed by atoms with Gasteiger partial charge in [-0.15, -0.1) is 0 Å². The Morgan fingerprint density at radius 3 is 2.68 bits per heavy atom. The van der Waals surface area contributed by atoms with E-state index in [1.807, 2.05) is 31.2 Å². The molecule has 1 unspecified atom stereocenters. The minimum atomic E-state index is -0.252. The summed E-state index contributed by atoms with van der Waals surface area (Å²) in [4.78, 5) is 11.9. The first-order chi connectivity index (χ1) is 9.08. The lowest BCUT2D eigenvalue weighted by molar-refractivity contribution is 0.0939. The van der Waals surface area contributed by atoms with Crippen LogP contribution in [0.2, 0.25) is 10.2 Å². The molecule has 0 aliphatic rings. The molecule has 0 aliphatic heterocycles. The molecule has 1 aromatic heterocycles. The molecule has 0 spiro atoms. The number of amides is 1. The zero-order chi connectivity index (χ0) is 13.8. The van der Waals surface area contributed by atoms with Crippen molar-refractivity contribution >= 4 is 29.1 Å². The molecule has 3 nitrogen and oxygen atoms in total. The van der Waals surface area contributed by atoms with Gasteiger partial charge in [-0.1, -0.05) is 29.8 Å². The minimum absolute atomic E-state index is 0.0571. The molecule has 0 saturated heterocycles. The highest BCUT2D eigenvalue weighted by Crippen LogP contribution is 2.18. The summed E-state index contributed by atoms with van der Waals surface area (Å²) < 4.78 is 4.89. The molecule has 0 fully saturated rings. The first-order valence-corrected chi connectivity index (χ1v) is 6.61. The number of hydrogen-bond acceptors (Lipinski definition) is 2. The molecule has 19 heavy (non-hydrogen) atoms. The molecule has 1 N–H and O–H groups in total. The zero-order valence-corrected chi connectivity index (χ0v) is 11.8. The van der Waals surface area contributed by atoms with E-state index in [-0.39, 0.29) is 17.2 Å². The third kappa shape index (κ3) is 3.52. The van der Waals surface area contributed by atoms with Gasteiger partial charge in [-0.2, -0.15) is 0 Å². The number of furan rings is 1. The third-order valence-electron chi connectivity index (χ3n) is 2.72. The van der Waals surface area contributed by atoms with Crippen LogP contribution in [-0.4, -0.2) is 11.9 Å². The average Bonchev–Trinajstić information content (AvgIpc) is 2.78. The lowest BCUT2D eigenvalue weighted by Crippen LogP contribution is -2.34. The second kappa shape index (κ2) is 6.13. The average molecular weight is 298 g/mol. The van der Waals surface area contributed by atoms with Crippen molar-refractivity contribution in [1.82, 2.24) is 5.32 Å². The molecule has 1 heterocycles. The number of carbonyl (C=O) groups excluding carboxylic acids is 1. The van der Waals surface area contributed by atoms with Crippen molar-refractivity contribution < 1.29 is 9.21 Å². The van der Waals surface area contributed by atoms with Gasteiger partial charge < -0.3 is 9.73 Å². The molecule has 0 aliphatic carbocycles. The number of nitrogens with one attached hydrogen (secondary N) is 1. The summed E-state index contributed by atoms with van der Waals surface area (Å²) in [6.07, 6.45) is 2.04. The Kier molecular flexibility index (Phi) is 4.51. The molecule has 1 aromatic carbocycles. The fraction of sp³-hybridized carbons (Fsp3) is 0.214. The van der Waals surface area contributed by atoms with Crippen LogP contribution in [0, 0.1) is 0 Å². The predicted molar refractivity (Wildman–Crippen MR) is 75.8 cm³/mol. The highest BCUT2D eigenvalue weighted by Gasteiger charge is 2.15. The minimum Gasteiger partial charge on any atom is -0.452 e. The van der Waals surface area contributed by atoms with E-state index in [4.69, 9.17) is 27.6 Å². The molecular weight excluding hydrogens is 285 g/mol. The summed E-state index contributed by atoms with van der Waals surface area (Å²) in [5, 5.41) is 3.66. The van der Waals surface area contributed by atoms with Crippen LogP contribution in [0.25, 0.3) is 0 Å². The molecule has 0 saturated carbocycles. The van der Waals surface area contributed by atoms with Crippen molar-refractivity contribution in [3.8, 4) is 0 Å². The van der Waals surface area contributed by atoms with E-state index < -0.39 is 0 Å². The monoisotopic (exact) mass is 297 g/mol. The molecule has 1 atom stereocenters. The summed E-state index contributed by atoms with van der Waals surface area (Å²) in [5.41, 5.74) is 1.34. The number of rotatable bonds is 4. The molecule has 2 rings (SSSR count). The molecule has 5 heteroatoms. The van der Waals surface area contributed by atoms with Gasteiger partial charge in [0.05, 0.1) is 11.8 Å². The summed E-state index contributed by atoms with van der Waals surface area (Å²) in [7, 11) is 0. The van der Waals surface area contributed by atoms with E-state index in [0.29, 0.717) is 17.0 Å². The van der Waals surface area contributed by atoms with E-state index in [9.17, 15) is 4.79 Å². The Morgan fingerprint density at radius 1 is 1.32 bits per heavy atom. The molecule has 2 aromatic rings. The summed E-state index contributed by atoms with van der Waals surface area (Å²) >= 11 is 11.8. The van der Waals surface area contributed by atoms with Crippen molar-refractivity contribution in [3.63, 3.8) is 0 Å². The van der Waals surface area contributed by atoms with Gasteiger partial charge in [-0.05, 0) is 42.6 Å². The lowest BCUT2D eigenvalue weighted by atomic mass is 10.1.